The predicted molar refractivity (Wildman–Crippen MR) is 97.9 cm³/mol. The van der Waals surface area contributed by atoms with Gasteiger partial charge in [-0.15, -0.1) is 0 Å². The normalized spacial score (nSPS) is 24.4. The van der Waals surface area contributed by atoms with Crippen molar-refractivity contribution in [2.75, 3.05) is 13.1 Å². The molecule has 1 saturated heterocycles. The van der Waals surface area contributed by atoms with Gasteiger partial charge in [-0.25, -0.2) is 4.98 Å². The van der Waals surface area contributed by atoms with Crippen LogP contribution >= 0.6 is 0 Å². The molecule has 2 aromatic rings. The summed E-state index contributed by atoms with van der Waals surface area (Å²) >= 11 is 0. The summed E-state index contributed by atoms with van der Waals surface area (Å²) in [5, 5.41) is 3.94. The zero-order valence-corrected chi connectivity index (χ0v) is 15.6. The highest BCUT2D eigenvalue weighted by Crippen LogP contribution is 2.45. The first-order chi connectivity index (χ1) is 13.1. The average Bonchev–Trinajstić information content (AvgIpc) is 3.33. The molecule has 27 heavy (non-hydrogen) atoms. The molecule has 5 rings (SSSR count). The number of carbonyl (C=O) groups excluding carboxylic acids is 1. The number of aryl methyl sites for hydroxylation is 1. The number of hydrogen-bond donors (Lipinski definition) is 1. The third-order valence-electron chi connectivity index (χ3n) is 6.35. The standard InChI is InChI=1S/C20H24N4O3/c1-2-13-10-15(27-23-13)19(26)24-9-3-7-20(11-24)8-6-14-16(20)21-17(12-4-5-12)22-18(14)25/h10,12H,2-9,11H2,1H3,(H,21,22,25). The van der Waals surface area contributed by atoms with Crippen molar-refractivity contribution in [3.8, 4) is 0 Å². The molecular formula is C20H24N4O3. The second-order valence-electron chi connectivity index (χ2n) is 8.20. The smallest absolute Gasteiger partial charge is 0.292 e. The monoisotopic (exact) mass is 368 g/mol. The number of hydrogen-bond acceptors (Lipinski definition) is 5. The quantitative estimate of drug-likeness (QED) is 0.898. The molecule has 7 heteroatoms. The van der Waals surface area contributed by atoms with Gasteiger partial charge in [0.2, 0.25) is 5.76 Å². The lowest BCUT2D eigenvalue weighted by Gasteiger charge is -2.40. The van der Waals surface area contributed by atoms with Crippen LogP contribution in [0.15, 0.2) is 15.4 Å². The Balaban J connectivity index is 1.46. The van der Waals surface area contributed by atoms with Crippen molar-refractivity contribution in [1.82, 2.24) is 20.0 Å². The Bertz CT molecular complexity index is 958. The Morgan fingerprint density at radius 3 is 3.00 bits per heavy atom. The van der Waals surface area contributed by atoms with Crippen LogP contribution in [0, 0.1) is 0 Å². The summed E-state index contributed by atoms with van der Waals surface area (Å²) in [6, 6.07) is 1.74. The Kier molecular flexibility index (Phi) is 3.74. The third-order valence-corrected chi connectivity index (χ3v) is 6.35. The fourth-order valence-electron chi connectivity index (χ4n) is 4.66. The van der Waals surface area contributed by atoms with Crippen molar-refractivity contribution in [2.45, 2.75) is 63.2 Å². The molecule has 0 aromatic carbocycles. The van der Waals surface area contributed by atoms with Crippen LogP contribution in [0.5, 0.6) is 0 Å². The Morgan fingerprint density at radius 1 is 1.41 bits per heavy atom. The number of piperidine rings is 1. The van der Waals surface area contributed by atoms with Crippen LogP contribution in [0.25, 0.3) is 0 Å². The van der Waals surface area contributed by atoms with Crippen LogP contribution in [0.3, 0.4) is 0 Å². The van der Waals surface area contributed by atoms with E-state index in [9.17, 15) is 9.59 Å². The van der Waals surface area contributed by atoms with E-state index in [0.29, 0.717) is 24.8 Å². The first-order valence-electron chi connectivity index (χ1n) is 9.98. The Labute approximate surface area is 157 Å². The minimum absolute atomic E-state index is 0.0186. The molecule has 3 aliphatic rings. The van der Waals surface area contributed by atoms with Gasteiger partial charge in [0.05, 0.1) is 11.4 Å². The minimum atomic E-state index is -0.200. The van der Waals surface area contributed by atoms with Gasteiger partial charge in [-0.3, -0.25) is 9.59 Å². The number of nitrogens with one attached hydrogen (secondary N) is 1. The van der Waals surface area contributed by atoms with E-state index < -0.39 is 0 Å². The average molecular weight is 368 g/mol. The van der Waals surface area contributed by atoms with Gasteiger partial charge in [-0.05, 0) is 44.9 Å². The van der Waals surface area contributed by atoms with E-state index in [1.807, 2.05) is 11.8 Å². The molecule has 7 nitrogen and oxygen atoms in total. The summed E-state index contributed by atoms with van der Waals surface area (Å²) in [5.41, 5.74) is 2.37. The number of rotatable bonds is 3. The van der Waals surface area contributed by atoms with Crippen molar-refractivity contribution in [1.29, 1.82) is 0 Å². The number of amides is 1. The van der Waals surface area contributed by atoms with E-state index in [2.05, 4.69) is 10.1 Å². The zero-order chi connectivity index (χ0) is 18.6. The van der Waals surface area contributed by atoms with Crippen molar-refractivity contribution < 1.29 is 9.32 Å². The lowest BCUT2D eigenvalue weighted by Crippen LogP contribution is -2.48. The highest BCUT2D eigenvalue weighted by molar-refractivity contribution is 5.91. The van der Waals surface area contributed by atoms with Crippen molar-refractivity contribution >= 4 is 5.91 Å². The van der Waals surface area contributed by atoms with Gasteiger partial charge in [-0.1, -0.05) is 12.1 Å². The summed E-state index contributed by atoms with van der Waals surface area (Å²) in [7, 11) is 0. The first kappa shape index (κ1) is 16.7. The number of fused-ring (bicyclic) bond motifs is 2. The van der Waals surface area contributed by atoms with Crippen LogP contribution in [0.1, 0.15) is 78.3 Å². The number of aromatic nitrogens is 3. The van der Waals surface area contributed by atoms with Crippen LogP contribution in [-0.2, 0) is 18.3 Å². The second-order valence-corrected chi connectivity index (χ2v) is 8.20. The van der Waals surface area contributed by atoms with E-state index in [4.69, 9.17) is 9.51 Å². The van der Waals surface area contributed by atoms with Crippen molar-refractivity contribution in [3.05, 3.63) is 45.0 Å². The highest BCUT2D eigenvalue weighted by atomic mass is 16.5. The number of carbonyl (C=O) groups is 1. The van der Waals surface area contributed by atoms with Gasteiger partial charge in [0, 0.05) is 36.1 Å². The highest BCUT2D eigenvalue weighted by Gasteiger charge is 2.46. The van der Waals surface area contributed by atoms with Gasteiger partial charge in [-0.2, -0.15) is 0 Å². The van der Waals surface area contributed by atoms with Crippen LogP contribution in [-0.4, -0.2) is 39.0 Å². The molecule has 0 radical (unpaired) electrons. The number of likely N-dealkylation sites (tertiary alicyclic amines) is 1. The van der Waals surface area contributed by atoms with Gasteiger partial charge >= 0.3 is 0 Å². The topological polar surface area (TPSA) is 92.1 Å². The molecule has 2 fully saturated rings. The largest absolute Gasteiger partial charge is 0.351 e. The Morgan fingerprint density at radius 2 is 2.26 bits per heavy atom. The molecule has 1 aliphatic heterocycles. The molecular weight excluding hydrogens is 344 g/mol. The van der Waals surface area contributed by atoms with Crippen molar-refractivity contribution in [3.63, 3.8) is 0 Å². The molecule has 1 atom stereocenters. The first-order valence-corrected chi connectivity index (χ1v) is 9.98. The summed E-state index contributed by atoms with van der Waals surface area (Å²) in [6.07, 6.45) is 6.45. The summed E-state index contributed by atoms with van der Waals surface area (Å²) in [5.74, 6) is 1.44. The lowest BCUT2D eigenvalue weighted by molar-refractivity contribution is 0.0592. The molecule has 1 saturated carbocycles. The molecule has 0 bridgehead atoms. The predicted octanol–water partition coefficient (Wildman–Crippen LogP) is 2.32. The zero-order valence-electron chi connectivity index (χ0n) is 15.6. The minimum Gasteiger partial charge on any atom is -0.351 e. The second kappa shape index (κ2) is 6.04. The molecule has 2 aliphatic carbocycles. The number of nitrogens with zero attached hydrogens (tertiary/aromatic N) is 3. The summed E-state index contributed by atoms with van der Waals surface area (Å²) in [6.45, 7) is 3.29. The molecule has 1 amide bonds. The van der Waals surface area contributed by atoms with E-state index in [1.165, 1.54) is 0 Å². The summed E-state index contributed by atoms with van der Waals surface area (Å²) in [4.78, 5) is 35.3. The van der Waals surface area contributed by atoms with E-state index in [1.54, 1.807) is 6.07 Å². The fraction of sp³-hybridized carbons (Fsp3) is 0.600. The molecule has 1 unspecified atom stereocenters. The molecule has 1 N–H and O–H groups in total. The third kappa shape index (κ3) is 2.71. The number of H-pyrrole nitrogens is 1. The van der Waals surface area contributed by atoms with E-state index in [-0.39, 0.29) is 16.9 Å². The Hall–Kier alpha value is -2.44. The fourth-order valence-corrected chi connectivity index (χ4v) is 4.66. The van der Waals surface area contributed by atoms with Gasteiger partial charge in [0.1, 0.15) is 5.82 Å². The lowest BCUT2D eigenvalue weighted by atomic mass is 9.77. The maximum absolute atomic E-state index is 12.9. The molecule has 142 valence electrons. The molecule has 2 aromatic heterocycles. The summed E-state index contributed by atoms with van der Waals surface area (Å²) < 4.78 is 5.26. The van der Waals surface area contributed by atoms with Gasteiger partial charge in [0.25, 0.3) is 11.5 Å². The van der Waals surface area contributed by atoms with Crippen LogP contribution in [0.4, 0.5) is 0 Å². The maximum atomic E-state index is 12.9. The van der Waals surface area contributed by atoms with Crippen molar-refractivity contribution in [2.24, 2.45) is 0 Å². The SMILES string of the molecule is CCc1cc(C(=O)N2CCCC3(CCc4c3nc(C3CC3)[nH]c4=O)C2)on1. The van der Waals surface area contributed by atoms with Gasteiger partial charge < -0.3 is 14.4 Å². The van der Waals surface area contributed by atoms with Gasteiger partial charge in [0.15, 0.2) is 0 Å². The van der Waals surface area contributed by atoms with Crippen LogP contribution < -0.4 is 5.56 Å². The number of aromatic amines is 1. The maximum Gasteiger partial charge on any atom is 0.292 e. The molecule has 1 spiro atoms. The van der Waals surface area contributed by atoms with E-state index in [0.717, 1.165) is 67.7 Å². The van der Waals surface area contributed by atoms with Crippen LogP contribution in [0.2, 0.25) is 0 Å². The molecule has 3 heterocycles. The van der Waals surface area contributed by atoms with E-state index >= 15 is 0 Å².